The maximum absolute atomic E-state index is 13.7. The van der Waals surface area contributed by atoms with Crippen LogP contribution in [-0.2, 0) is 22.6 Å². The molecule has 3 aromatic rings. The molecule has 1 N–H and O–H groups in total. The Morgan fingerprint density at radius 1 is 0.973 bits per heavy atom. The first kappa shape index (κ1) is 29.3. The van der Waals surface area contributed by atoms with Gasteiger partial charge in [-0.3, -0.25) is 9.59 Å². The summed E-state index contributed by atoms with van der Waals surface area (Å²) in [6.45, 7) is 3.61. The van der Waals surface area contributed by atoms with Gasteiger partial charge in [0.1, 0.15) is 11.8 Å². The number of amides is 2. The molecule has 9 heteroatoms. The minimum absolute atomic E-state index is 0.0280. The van der Waals surface area contributed by atoms with Gasteiger partial charge in [0.15, 0.2) is 6.61 Å². The molecule has 0 aromatic heterocycles. The lowest BCUT2D eigenvalue weighted by atomic mass is 10.0. The molecule has 3 rings (SSSR count). The zero-order chi connectivity index (χ0) is 26.9. The van der Waals surface area contributed by atoms with Crippen LogP contribution in [-0.4, -0.2) is 35.4 Å². The standard InChI is InChI=1S/C28H28BrCl3N2O3/c1-3-18(2)33-28(36)25(14-19-8-5-4-6-9-19)34(16-21-22(30)10-7-11-23(21)31)27(35)17-37-26-13-12-20(29)15-24(26)32/h4-13,15,18,25H,3,14,16-17H2,1-2H3,(H,33,36)/t18-,25+/m1/s1. The number of benzene rings is 3. The minimum Gasteiger partial charge on any atom is -0.482 e. The van der Waals surface area contributed by atoms with Crippen molar-refractivity contribution < 1.29 is 14.3 Å². The van der Waals surface area contributed by atoms with Gasteiger partial charge in [0.2, 0.25) is 5.91 Å². The van der Waals surface area contributed by atoms with Gasteiger partial charge in [-0.25, -0.2) is 0 Å². The van der Waals surface area contributed by atoms with Gasteiger partial charge in [-0.15, -0.1) is 0 Å². The molecule has 0 aliphatic heterocycles. The number of hydrogen-bond acceptors (Lipinski definition) is 3. The Labute approximate surface area is 241 Å². The highest BCUT2D eigenvalue weighted by molar-refractivity contribution is 9.10. The van der Waals surface area contributed by atoms with E-state index in [4.69, 9.17) is 39.5 Å². The Hall–Kier alpha value is -2.25. The van der Waals surface area contributed by atoms with Crippen molar-refractivity contribution in [1.29, 1.82) is 0 Å². The number of halogens is 4. The summed E-state index contributed by atoms with van der Waals surface area (Å²) in [5.74, 6) is -0.316. The van der Waals surface area contributed by atoms with Crippen molar-refractivity contribution in [2.75, 3.05) is 6.61 Å². The predicted octanol–water partition coefficient (Wildman–Crippen LogP) is 7.34. The number of nitrogens with one attached hydrogen (secondary N) is 1. The monoisotopic (exact) mass is 624 g/mol. The molecule has 37 heavy (non-hydrogen) atoms. The van der Waals surface area contributed by atoms with E-state index in [1.54, 1.807) is 36.4 Å². The highest BCUT2D eigenvalue weighted by Gasteiger charge is 2.32. The average molecular weight is 627 g/mol. The van der Waals surface area contributed by atoms with Gasteiger partial charge in [0, 0.05) is 39.1 Å². The third kappa shape index (κ3) is 8.37. The average Bonchev–Trinajstić information content (AvgIpc) is 2.87. The summed E-state index contributed by atoms with van der Waals surface area (Å²) in [4.78, 5) is 28.7. The number of carbonyl (C=O) groups excluding carboxylic acids is 2. The van der Waals surface area contributed by atoms with Crippen LogP contribution in [0.4, 0.5) is 0 Å². The first-order chi connectivity index (χ1) is 17.7. The third-order valence-electron chi connectivity index (χ3n) is 5.91. The van der Waals surface area contributed by atoms with Crippen LogP contribution in [0.1, 0.15) is 31.4 Å². The normalized spacial score (nSPS) is 12.5. The fraction of sp³-hybridized carbons (Fsp3) is 0.286. The van der Waals surface area contributed by atoms with Crippen LogP contribution < -0.4 is 10.1 Å². The summed E-state index contributed by atoms with van der Waals surface area (Å²) in [7, 11) is 0. The Morgan fingerprint density at radius 2 is 1.65 bits per heavy atom. The first-order valence-corrected chi connectivity index (χ1v) is 13.8. The molecule has 0 radical (unpaired) electrons. The highest BCUT2D eigenvalue weighted by Crippen LogP contribution is 2.29. The molecule has 0 unspecified atom stereocenters. The molecule has 0 heterocycles. The van der Waals surface area contributed by atoms with E-state index in [0.29, 0.717) is 32.8 Å². The number of hydrogen-bond donors (Lipinski definition) is 1. The van der Waals surface area contributed by atoms with E-state index >= 15 is 0 Å². The summed E-state index contributed by atoms with van der Waals surface area (Å²) in [6, 6.07) is 18.9. The van der Waals surface area contributed by atoms with E-state index in [1.165, 1.54) is 4.90 Å². The lowest BCUT2D eigenvalue weighted by molar-refractivity contribution is -0.143. The third-order valence-corrected chi connectivity index (χ3v) is 7.40. The first-order valence-electron chi connectivity index (χ1n) is 11.8. The maximum Gasteiger partial charge on any atom is 0.261 e. The molecule has 0 aliphatic carbocycles. The van der Waals surface area contributed by atoms with Crippen molar-refractivity contribution >= 4 is 62.5 Å². The van der Waals surface area contributed by atoms with Gasteiger partial charge in [0.05, 0.1) is 5.02 Å². The van der Waals surface area contributed by atoms with E-state index in [2.05, 4.69) is 21.2 Å². The molecule has 196 valence electrons. The van der Waals surface area contributed by atoms with Crippen LogP contribution in [0.3, 0.4) is 0 Å². The van der Waals surface area contributed by atoms with Gasteiger partial charge in [-0.2, -0.15) is 0 Å². The topological polar surface area (TPSA) is 58.6 Å². The molecule has 3 aromatic carbocycles. The number of rotatable bonds is 11. The largest absolute Gasteiger partial charge is 0.482 e. The van der Waals surface area contributed by atoms with Gasteiger partial charge in [0.25, 0.3) is 5.91 Å². The summed E-state index contributed by atoms with van der Waals surface area (Å²) in [6.07, 6.45) is 1.05. The Morgan fingerprint density at radius 3 is 2.27 bits per heavy atom. The molecule has 2 amide bonds. The van der Waals surface area contributed by atoms with Crippen molar-refractivity contribution in [2.24, 2.45) is 0 Å². The second kappa shape index (κ2) is 14.1. The molecular weight excluding hydrogens is 599 g/mol. The maximum atomic E-state index is 13.7. The van der Waals surface area contributed by atoms with Crippen LogP contribution in [0, 0.1) is 0 Å². The van der Waals surface area contributed by atoms with E-state index in [1.807, 2.05) is 44.2 Å². The SMILES string of the molecule is CC[C@@H](C)NC(=O)[C@H](Cc1ccccc1)N(Cc1c(Cl)cccc1Cl)C(=O)COc1ccc(Br)cc1Cl. The van der Waals surface area contributed by atoms with Crippen molar-refractivity contribution in [3.8, 4) is 5.75 Å². The van der Waals surface area contributed by atoms with Crippen LogP contribution in [0.15, 0.2) is 71.2 Å². The highest BCUT2D eigenvalue weighted by atomic mass is 79.9. The molecule has 0 fully saturated rings. The number of ether oxygens (including phenoxy) is 1. The van der Waals surface area contributed by atoms with Gasteiger partial charge >= 0.3 is 0 Å². The second-order valence-corrected chi connectivity index (χ2v) is 10.7. The Bertz CT molecular complexity index is 1210. The molecule has 5 nitrogen and oxygen atoms in total. The predicted molar refractivity (Wildman–Crippen MR) is 153 cm³/mol. The molecule has 0 bridgehead atoms. The van der Waals surface area contributed by atoms with Crippen molar-refractivity contribution in [3.63, 3.8) is 0 Å². The smallest absolute Gasteiger partial charge is 0.261 e. The molecule has 0 saturated heterocycles. The Balaban J connectivity index is 1.97. The van der Waals surface area contributed by atoms with Gasteiger partial charge < -0.3 is 15.0 Å². The van der Waals surface area contributed by atoms with Crippen LogP contribution in [0.5, 0.6) is 5.75 Å². The summed E-state index contributed by atoms with van der Waals surface area (Å²) >= 11 is 22.6. The van der Waals surface area contributed by atoms with Crippen LogP contribution in [0.2, 0.25) is 15.1 Å². The quantitative estimate of drug-likeness (QED) is 0.242. The summed E-state index contributed by atoms with van der Waals surface area (Å²) in [5.41, 5.74) is 1.46. The fourth-order valence-electron chi connectivity index (χ4n) is 3.66. The van der Waals surface area contributed by atoms with Crippen molar-refractivity contribution in [2.45, 2.75) is 45.3 Å². The van der Waals surface area contributed by atoms with E-state index in [0.717, 1.165) is 16.5 Å². The van der Waals surface area contributed by atoms with Crippen LogP contribution in [0.25, 0.3) is 0 Å². The number of carbonyl (C=O) groups is 2. The molecule has 0 spiro atoms. The van der Waals surface area contributed by atoms with E-state index in [-0.39, 0.29) is 25.1 Å². The molecule has 0 aliphatic rings. The zero-order valence-corrected chi connectivity index (χ0v) is 24.4. The second-order valence-electron chi connectivity index (χ2n) is 8.61. The van der Waals surface area contributed by atoms with E-state index < -0.39 is 11.9 Å². The fourth-order valence-corrected chi connectivity index (χ4v) is 4.91. The molecule has 2 atom stereocenters. The van der Waals surface area contributed by atoms with Gasteiger partial charge in [-0.1, -0.05) is 94.1 Å². The molecular formula is C28H28BrCl3N2O3. The van der Waals surface area contributed by atoms with E-state index in [9.17, 15) is 9.59 Å². The molecule has 0 saturated carbocycles. The minimum atomic E-state index is -0.833. The van der Waals surface area contributed by atoms with Crippen LogP contribution >= 0.6 is 50.7 Å². The lowest BCUT2D eigenvalue weighted by Gasteiger charge is -2.32. The summed E-state index contributed by atoms with van der Waals surface area (Å²) < 4.78 is 6.56. The van der Waals surface area contributed by atoms with Crippen molar-refractivity contribution in [1.82, 2.24) is 10.2 Å². The van der Waals surface area contributed by atoms with Gasteiger partial charge in [-0.05, 0) is 49.2 Å². The zero-order valence-electron chi connectivity index (χ0n) is 20.5. The summed E-state index contributed by atoms with van der Waals surface area (Å²) in [5, 5.41) is 4.19. The lowest BCUT2D eigenvalue weighted by Crippen LogP contribution is -2.53. The Kier molecular flexibility index (Phi) is 11.1. The van der Waals surface area contributed by atoms with Crippen molar-refractivity contribution in [3.05, 3.63) is 97.4 Å². The number of nitrogens with zero attached hydrogens (tertiary/aromatic N) is 1.